The van der Waals surface area contributed by atoms with Gasteiger partial charge < -0.3 is 10.1 Å². The van der Waals surface area contributed by atoms with Gasteiger partial charge in [-0.2, -0.15) is 0 Å². The van der Waals surface area contributed by atoms with Crippen LogP contribution in [0.25, 0.3) is 0 Å². The maximum absolute atomic E-state index is 13.2. The summed E-state index contributed by atoms with van der Waals surface area (Å²) in [6, 6.07) is 0. The molecule has 0 aromatic rings. The normalized spacial score (nSPS) is 18.2. The Labute approximate surface area is 76.3 Å². The zero-order valence-corrected chi connectivity index (χ0v) is 7.79. The Morgan fingerprint density at radius 3 is 2.54 bits per heavy atom. The van der Waals surface area contributed by atoms with Crippen LogP contribution >= 0.6 is 0 Å². The first-order chi connectivity index (χ1) is 6.20. The molecule has 2 nitrogen and oxygen atoms in total. The van der Waals surface area contributed by atoms with Gasteiger partial charge >= 0.3 is 0 Å². The van der Waals surface area contributed by atoms with E-state index in [2.05, 4.69) is 5.32 Å². The molecule has 0 heterocycles. The Bertz CT molecular complexity index is 258. The van der Waals surface area contributed by atoms with E-state index in [1.165, 1.54) is 7.11 Å². The lowest BCUT2D eigenvalue weighted by atomic mass is 10.0. The summed E-state index contributed by atoms with van der Waals surface area (Å²) >= 11 is 0. The molecule has 74 valence electrons. The second kappa shape index (κ2) is 4.37. The molecule has 4 heteroatoms. The van der Waals surface area contributed by atoms with Gasteiger partial charge in [0.2, 0.25) is 0 Å². The van der Waals surface area contributed by atoms with Crippen LogP contribution in [0, 0.1) is 0 Å². The van der Waals surface area contributed by atoms with Gasteiger partial charge in [-0.15, -0.1) is 0 Å². The quantitative estimate of drug-likeness (QED) is 0.733. The number of allylic oxidation sites excluding steroid dienone is 3. The highest BCUT2D eigenvalue weighted by Crippen LogP contribution is 2.31. The molecule has 0 amide bonds. The molecule has 13 heavy (non-hydrogen) atoms. The van der Waals surface area contributed by atoms with Gasteiger partial charge in [0.15, 0.2) is 11.7 Å². The first-order valence-electron chi connectivity index (χ1n) is 4.15. The minimum atomic E-state index is -0.848. The summed E-state index contributed by atoms with van der Waals surface area (Å²) in [5.41, 5.74) is 0.473. The van der Waals surface area contributed by atoms with Crippen LogP contribution in [0.15, 0.2) is 23.0 Å². The minimum absolute atomic E-state index is 0.109. The zero-order chi connectivity index (χ0) is 9.84. The van der Waals surface area contributed by atoms with E-state index < -0.39 is 11.7 Å². The molecular formula is C9H13F2NO. The van der Waals surface area contributed by atoms with Crippen molar-refractivity contribution in [3.8, 4) is 0 Å². The van der Waals surface area contributed by atoms with Gasteiger partial charge in [-0.1, -0.05) is 0 Å². The van der Waals surface area contributed by atoms with Gasteiger partial charge in [0, 0.05) is 13.0 Å². The number of halogens is 2. The summed E-state index contributed by atoms with van der Waals surface area (Å²) < 4.78 is 31.0. The van der Waals surface area contributed by atoms with Crippen LogP contribution in [0.4, 0.5) is 8.78 Å². The summed E-state index contributed by atoms with van der Waals surface area (Å²) in [6.07, 6.45) is 0.954. The van der Waals surface area contributed by atoms with E-state index in [4.69, 9.17) is 4.74 Å². The zero-order valence-electron chi connectivity index (χ0n) is 7.79. The van der Waals surface area contributed by atoms with Crippen LogP contribution in [0.1, 0.15) is 12.8 Å². The number of hydrogen-bond donors (Lipinski definition) is 1. The van der Waals surface area contributed by atoms with Crippen LogP contribution in [0.3, 0.4) is 0 Å². The fourth-order valence-electron chi connectivity index (χ4n) is 1.33. The standard InChI is InChI=1S/C9H13F2NO/c1-12-5-6-3-4-7(13-2)9(11)8(6)10/h12H,3-5H2,1-2H3. The van der Waals surface area contributed by atoms with Crippen molar-refractivity contribution in [2.24, 2.45) is 0 Å². The average molecular weight is 189 g/mol. The third-order valence-corrected chi connectivity index (χ3v) is 2.04. The number of methoxy groups -OCH3 is 1. The molecule has 1 aliphatic rings. The van der Waals surface area contributed by atoms with E-state index in [1.54, 1.807) is 7.05 Å². The summed E-state index contributed by atoms with van der Waals surface area (Å²) in [6.45, 7) is 0.385. The van der Waals surface area contributed by atoms with Gasteiger partial charge in [0.05, 0.1) is 7.11 Å². The molecular weight excluding hydrogens is 176 g/mol. The predicted molar refractivity (Wildman–Crippen MR) is 46.4 cm³/mol. The first-order valence-corrected chi connectivity index (χ1v) is 4.15. The molecule has 0 aromatic heterocycles. The molecule has 0 spiro atoms. The fourth-order valence-corrected chi connectivity index (χ4v) is 1.33. The van der Waals surface area contributed by atoms with E-state index in [9.17, 15) is 8.78 Å². The van der Waals surface area contributed by atoms with Crippen molar-refractivity contribution in [2.45, 2.75) is 12.8 Å². The third kappa shape index (κ3) is 2.06. The molecule has 1 aliphatic carbocycles. The monoisotopic (exact) mass is 189 g/mol. The van der Waals surface area contributed by atoms with Crippen molar-refractivity contribution in [2.75, 3.05) is 20.7 Å². The Balaban J connectivity index is 2.88. The minimum Gasteiger partial charge on any atom is -0.498 e. The molecule has 0 saturated carbocycles. The van der Waals surface area contributed by atoms with Gasteiger partial charge in [-0.3, -0.25) is 0 Å². The van der Waals surface area contributed by atoms with Crippen LogP contribution in [-0.4, -0.2) is 20.7 Å². The Hall–Kier alpha value is -0.900. The van der Waals surface area contributed by atoms with E-state index in [1.807, 2.05) is 0 Å². The van der Waals surface area contributed by atoms with Crippen molar-refractivity contribution in [1.82, 2.24) is 5.32 Å². The van der Waals surface area contributed by atoms with Crippen molar-refractivity contribution in [3.63, 3.8) is 0 Å². The Morgan fingerprint density at radius 1 is 1.31 bits per heavy atom. The summed E-state index contributed by atoms with van der Waals surface area (Å²) in [5, 5.41) is 2.79. The highest BCUT2D eigenvalue weighted by Gasteiger charge is 2.22. The lowest BCUT2D eigenvalue weighted by molar-refractivity contribution is 0.253. The molecule has 1 rings (SSSR count). The summed E-state index contributed by atoms with van der Waals surface area (Å²) in [7, 11) is 3.05. The highest BCUT2D eigenvalue weighted by atomic mass is 19.2. The number of likely N-dealkylation sites (N-methyl/N-ethyl adjacent to an activating group) is 1. The van der Waals surface area contributed by atoms with Crippen molar-refractivity contribution in [1.29, 1.82) is 0 Å². The molecule has 0 unspecified atom stereocenters. The second-order valence-electron chi connectivity index (χ2n) is 2.89. The fraction of sp³-hybridized carbons (Fsp3) is 0.556. The van der Waals surface area contributed by atoms with Crippen LogP contribution in [0.5, 0.6) is 0 Å². The molecule has 1 N–H and O–H groups in total. The SMILES string of the molecule is CNCC1=C(F)C(F)=C(OC)CC1. The van der Waals surface area contributed by atoms with Gasteiger partial charge in [-0.25, -0.2) is 8.78 Å². The van der Waals surface area contributed by atoms with Crippen molar-refractivity contribution >= 4 is 0 Å². The molecule has 0 aliphatic heterocycles. The smallest absolute Gasteiger partial charge is 0.196 e. The van der Waals surface area contributed by atoms with Crippen LogP contribution in [-0.2, 0) is 4.74 Å². The predicted octanol–water partition coefficient (Wildman–Crippen LogP) is 2.05. The second-order valence-corrected chi connectivity index (χ2v) is 2.89. The number of ether oxygens (including phenoxy) is 1. The summed E-state index contributed by atoms with van der Waals surface area (Å²) in [4.78, 5) is 0. The first kappa shape index (κ1) is 10.2. The molecule has 0 atom stereocenters. The number of nitrogens with one attached hydrogen (secondary N) is 1. The maximum Gasteiger partial charge on any atom is 0.196 e. The lowest BCUT2D eigenvalue weighted by Gasteiger charge is -2.16. The molecule has 0 saturated heterocycles. The van der Waals surface area contributed by atoms with Gasteiger partial charge in [0.25, 0.3) is 0 Å². The Kier molecular flexibility index (Phi) is 3.42. The van der Waals surface area contributed by atoms with Crippen molar-refractivity contribution < 1.29 is 13.5 Å². The van der Waals surface area contributed by atoms with Gasteiger partial charge in [-0.05, 0) is 19.0 Å². The lowest BCUT2D eigenvalue weighted by Crippen LogP contribution is -2.15. The Morgan fingerprint density at radius 2 is 2.00 bits per heavy atom. The molecule has 0 aromatic carbocycles. The molecule has 0 bridgehead atoms. The number of rotatable bonds is 3. The largest absolute Gasteiger partial charge is 0.498 e. The van der Waals surface area contributed by atoms with Crippen molar-refractivity contribution in [3.05, 3.63) is 23.0 Å². The highest BCUT2D eigenvalue weighted by molar-refractivity contribution is 5.32. The summed E-state index contributed by atoms with van der Waals surface area (Å²) in [5.74, 6) is -1.51. The van der Waals surface area contributed by atoms with Crippen LogP contribution < -0.4 is 5.32 Å². The van der Waals surface area contributed by atoms with E-state index in [0.717, 1.165) is 0 Å². The van der Waals surface area contributed by atoms with Crippen LogP contribution in [0.2, 0.25) is 0 Å². The average Bonchev–Trinajstić information content (AvgIpc) is 2.14. The van der Waals surface area contributed by atoms with Gasteiger partial charge in [0.1, 0.15) is 5.76 Å². The topological polar surface area (TPSA) is 21.3 Å². The molecule has 0 fully saturated rings. The van der Waals surface area contributed by atoms with E-state index in [0.29, 0.717) is 25.0 Å². The third-order valence-electron chi connectivity index (χ3n) is 2.04. The number of hydrogen-bond acceptors (Lipinski definition) is 2. The van der Waals surface area contributed by atoms with E-state index in [-0.39, 0.29) is 5.76 Å². The maximum atomic E-state index is 13.2. The molecule has 0 radical (unpaired) electrons. The van der Waals surface area contributed by atoms with E-state index >= 15 is 0 Å².